The lowest BCUT2D eigenvalue weighted by Gasteiger charge is -2.16. The zero-order valence-electron chi connectivity index (χ0n) is 12.3. The van der Waals surface area contributed by atoms with E-state index in [2.05, 4.69) is 5.10 Å². The maximum absolute atomic E-state index is 12.9. The highest BCUT2D eigenvalue weighted by Crippen LogP contribution is 2.31. The average Bonchev–Trinajstić information content (AvgIpc) is 3.01. The quantitative estimate of drug-likeness (QED) is 0.857. The van der Waals surface area contributed by atoms with Gasteiger partial charge in [-0.25, -0.2) is 0 Å². The molecule has 1 atom stereocenters. The van der Waals surface area contributed by atoms with Gasteiger partial charge in [-0.15, -0.1) is 0 Å². The number of aryl methyl sites for hydroxylation is 1. The molecule has 0 bridgehead atoms. The molecule has 0 aliphatic carbocycles. The maximum atomic E-state index is 12.9. The molecule has 0 radical (unpaired) electrons. The van der Waals surface area contributed by atoms with Crippen LogP contribution in [0.2, 0.25) is 0 Å². The molecule has 2 heterocycles. The maximum Gasteiger partial charge on any atom is 0.435 e. The Kier molecular flexibility index (Phi) is 4.58. The molecule has 0 aromatic carbocycles. The summed E-state index contributed by atoms with van der Waals surface area (Å²) >= 11 is 0. The summed E-state index contributed by atoms with van der Waals surface area (Å²) in [6.45, 7) is 4.49. The van der Waals surface area contributed by atoms with Gasteiger partial charge in [0.1, 0.15) is 0 Å². The van der Waals surface area contributed by atoms with Gasteiger partial charge in [0.15, 0.2) is 5.69 Å². The number of carbonyl (C=O) groups excluding carboxylic acids is 1. The van der Waals surface area contributed by atoms with Gasteiger partial charge in [0.2, 0.25) is 5.91 Å². The highest BCUT2D eigenvalue weighted by atomic mass is 19.4. The Balaban J connectivity index is 2.24. The van der Waals surface area contributed by atoms with Crippen molar-refractivity contribution >= 4 is 5.91 Å². The molecule has 0 N–H and O–H groups in total. The molecule has 1 aromatic heterocycles. The monoisotopic (exact) mass is 303 g/mol. The first kappa shape index (κ1) is 15.9. The van der Waals surface area contributed by atoms with Gasteiger partial charge in [-0.05, 0) is 25.3 Å². The van der Waals surface area contributed by atoms with Crippen molar-refractivity contribution in [2.75, 3.05) is 13.1 Å². The predicted octanol–water partition coefficient (Wildman–Crippen LogP) is 3.04. The third kappa shape index (κ3) is 3.57. The first-order valence-corrected chi connectivity index (χ1v) is 7.24. The highest BCUT2D eigenvalue weighted by molar-refractivity contribution is 5.73. The average molecular weight is 303 g/mol. The van der Waals surface area contributed by atoms with Crippen LogP contribution >= 0.6 is 0 Å². The van der Waals surface area contributed by atoms with E-state index < -0.39 is 11.9 Å². The summed E-state index contributed by atoms with van der Waals surface area (Å²) in [7, 11) is 0. The second-order valence-electron chi connectivity index (χ2n) is 5.47. The largest absolute Gasteiger partial charge is 0.435 e. The molecule has 7 heteroatoms. The van der Waals surface area contributed by atoms with E-state index in [1.807, 2.05) is 6.92 Å². The van der Waals surface area contributed by atoms with Crippen LogP contribution in [-0.4, -0.2) is 33.7 Å². The van der Waals surface area contributed by atoms with E-state index in [1.54, 1.807) is 4.90 Å². The summed E-state index contributed by atoms with van der Waals surface area (Å²) in [5.74, 6) is -0.0455. The topological polar surface area (TPSA) is 38.1 Å². The van der Waals surface area contributed by atoms with Gasteiger partial charge < -0.3 is 4.90 Å². The molecule has 1 fully saturated rings. The Hall–Kier alpha value is -1.53. The number of halogens is 3. The second-order valence-corrected chi connectivity index (χ2v) is 5.47. The third-order valence-electron chi connectivity index (χ3n) is 3.84. The molecular weight excluding hydrogens is 283 g/mol. The fourth-order valence-electron chi connectivity index (χ4n) is 2.66. The Bertz CT molecular complexity index is 510. The van der Waals surface area contributed by atoms with Crippen molar-refractivity contribution in [3.8, 4) is 0 Å². The predicted molar refractivity (Wildman–Crippen MR) is 71.7 cm³/mol. The molecule has 118 valence electrons. The molecule has 1 unspecified atom stereocenters. The van der Waals surface area contributed by atoms with Gasteiger partial charge in [-0.2, -0.15) is 18.3 Å². The number of aromatic nitrogens is 2. The number of unbranched alkanes of at least 4 members (excludes halogenated alkanes) is 1. The van der Waals surface area contributed by atoms with Crippen LogP contribution in [0.3, 0.4) is 0 Å². The molecule has 1 aromatic rings. The fourth-order valence-corrected chi connectivity index (χ4v) is 2.66. The zero-order valence-corrected chi connectivity index (χ0v) is 12.3. The number of alkyl halides is 3. The molecule has 1 aliphatic heterocycles. The van der Waals surface area contributed by atoms with E-state index in [-0.39, 0.29) is 11.9 Å². The standard InChI is InChI=1S/C14H20F3N3O/c1-3-4-5-11-8-13(14(15,16)17)18-20(11)12-6-7-19(9-12)10(2)21/h8,12H,3-7,9H2,1-2H3. The molecule has 1 saturated heterocycles. The van der Waals surface area contributed by atoms with Crippen molar-refractivity contribution in [2.24, 2.45) is 0 Å². The minimum absolute atomic E-state index is 0.0455. The summed E-state index contributed by atoms with van der Waals surface area (Å²) in [6.07, 6.45) is -1.46. The number of rotatable bonds is 4. The summed E-state index contributed by atoms with van der Waals surface area (Å²) in [5, 5.41) is 3.76. The molecule has 0 saturated carbocycles. The van der Waals surface area contributed by atoms with Crippen LogP contribution < -0.4 is 0 Å². The Labute approximate surface area is 121 Å². The van der Waals surface area contributed by atoms with E-state index in [0.717, 1.165) is 18.9 Å². The molecule has 0 spiro atoms. The van der Waals surface area contributed by atoms with Crippen molar-refractivity contribution < 1.29 is 18.0 Å². The van der Waals surface area contributed by atoms with Crippen molar-refractivity contribution in [3.63, 3.8) is 0 Å². The number of hydrogen-bond donors (Lipinski definition) is 0. The van der Waals surface area contributed by atoms with Crippen molar-refractivity contribution in [1.29, 1.82) is 0 Å². The van der Waals surface area contributed by atoms with Crippen molar-refractivity contribution in [1.82, 2.24) is 14.7 Å². The molecule has 4 nitrogen and oxygen atoms in total. The summed E-state index contributed by atoms with van der Waals surface area (Å²) in [5.41, 5.74) is -0.227. The Morgan fingerprint density at radius 2 is 2.19 bits per heavy atom. The Morgan fingerprint density at radius 1 is 1.48 bits per heavy atom. The van der Waals surface area contributed by atoms with Crippen LogP contribution in [0.25, 0.3) is 0 Å². The third-order valence-corrected chi connectivity index (χ3v) is 3.84. The van der Waals surface area contributed by atoms with E-state index >= 15 is 0 Å². The zero-order chi connectivity index (χ0) is 15.6. The normalized spacial score (nSPS) is 19.3. The summed E-state index contributed by atoms with van der Waals surface area (Å²) in [4.78, 5) is 13.0. The minimum atomic E-state index is -4.43. The summed E-state index contributed by atoms with van der Waals surface area (Å²) < 4.78 is 40.1. The first-order chi connectivity index (χ1) is 9.82. The van der Waals surface area contributed by atoms with E-state index in [9.17, 15) is 18.0 Å². The lowest BCUT2D eigenvalue weighted by atomic mass is 10.1. The van der Waals surface area contributed by atoms with Crippen LogP contribution in [0.4, 0.5) is 13.2 Å². The van der Waals surface area contributed by atoms with Gasteiger partial charge in [-0.1, -0.05) is 13.3 Å². The number of hydrogen-bond acceptors (Lipinski definition) is 2. The number of likely N-dealkylation sites (tertiary alicyclic amines) is 1. The van der Waals surface area contributed by atoms with Gasteiger partial charge in [0.05, 0.1) is 6.04 Å². The van der Waals surface area contributed by atoms with Gasteiger partial charge in [-0.3, -0.25) is 9.48 Å². The van der Waals surface area contributed by atoms with Crippen LogP contribution in [0.5, 0.6) is 0 Å². The smallest absolute Gasteiger partial charge is 0.341 e. The van der Waals surface area contributed by atoms with Crippen LogP contribution in [-0.2, 0) is 17.4 Å². The minimum Gasteiger partial charge on any atom is -0.341 e. The fraction of sp³-hybridized carbons (Fsp3) is 0.714. The van der Waals surface area contributed by atoms with Gasteiger partial charge in [0.25, 0.3) is 0 Å². The van der Waals surface area contributed by atoms with Gasteiger partial charge in [0, 0.05) is 25.7 Å². The number of amides is 1. The van der Waals surface area contributed by atoms with E-state index in [0.29, 0.717) is 31.6 Å². The van der Waals surface area contributed by atoms with Crippen molar-refractivity contribution in [3.05, 3.63) is 17.5 Å². The summed E-state index contributed by atoms with van der Waals surface area (Å²) in [6, 6.07) is 0.989. The van der Waals surface area contributed by atoms with Crippen molar-refractivity contribution in [2.45, 2.75) is 51.7 Å². The number of carbonyl (C=O) groups is 1. The highest BCUT2D eigenvalue weighted by Gasteiger charge is 2.36. The SMILES string of the molecule is CCCCc1cc(C(F)(F)F)nn1C1CCN(C(C)=O)C1. The first-order valence-electron chi connectivity index (χ1n) is 7.24. The molecule has 1 amide bonds. The molecular formula is C14H20F3N3O. The second kappa shape index (κ2) is 6.07. The molecule has 21 heavy (non-hydrogen) atoms. The van der Waals surface area contributed by atoms with Gasteiger partial charge >= 0.3 is 6.18 Å². The van der Waals surface area contributed by atoms with E-state index in [1.165, 1.54) is 11.6 Å². The lowest BCUT2D eigenvalue weighted by molar-refractivity contribution is -0.141. The number of nitrogens with zero attached hydrogens (tertiary/aromatic N) is 3. The lowest BCUT2D eigenvalue weighted by Crippen LogP contribution is -2.27. The van der Waals surface area contributed by atoms with Crippen LogP contribution in [0.15, 0.2) is 6.07 Å². The Morgan fingerprint density at radius 3 is 2.71 bits per heavy atom. The molecule has 1 aliphatic rings. The van der Waals surface area contributed by atoms with E-state index in [4.69, 9.17) is 0 Å². The molecule has 2 rings (SSSR count). The van der Waals surface area contributed by atoms with Crippen LogP contribution in [0.1, 0.15) is 50.5 Å². The van der Waals surface area contributed by atoms with Crippen LogP contribution in [0, 0.1) is 0 Å².